The number of amides is 1. The van der Waals surface area contributed by atoms with Crippen LogP contribution in [0, 0.1) is 5.82 Å². The van der Waals surface area contributed by atoms with Gasteiger partial charge in [0.2, 0.25) is 12.7 Å². The van der Waals surface area contributed by atoms with Gasteiger partial charge in [-0.15, -0.1) is 0 Å². The number of fused-ring (bicyclic) bond motifs is 2. The third-order valence-corrected chi connectivity index (χ3v) is 4.82. The monoisotopic (exact) mass is 435 g/mol. The zero-order valence-corrected chi connectivity index (χ0v) is 16.7. The van der Waals surface area contributed by atoms with Gasteiger partial charge in [0.25, 0.3) is 5.91 Å². The Morgan fingerprint density at radius 3 is 2.74 bits per heavy atom. The van der Waals surface area contributed by atoms with E-state index in [2.05, 4.69) is 15.6 Å². The van der Waals surface area contributed by atoms with Crippen molar-refractivity contribution in [2.45, 2.75) is 0 Å². The zero-order valence-electron chi connectivity index (χ0n) is 15.8. The summed E-state index contributed by atoms with van der Waals surface area (Å²) in [5.74, 6) is 0.477. The van der Waals surface area contributed by atoms with Crippen LogP contribution in [0.25, 0.3) is 22.6 Å². The Morgan fingerprint density at radius 1 is 1.03 bits per heavy atom. The summed E-state index contributed by atoms with van der Waals surface area (Å²) in [5.41, 5.74) is 2.28. The molecule has 0 atom stereocenters. The summed E-state index contributed by atoms with van der Waals surface area (Å²) in [7, 11) is 0. The molecule has 2 heterocycles. The molecule has 1 aliphatic heterocycles. The molecule has 0 saturated carbocycles. The van der Waals surface area contributed by atoms with Gasteiger partial charge in [-0.05, 0) is 60.7 Å². The number of nitrogens with one attached hydrogen (secondary N) is 2. The highest BCUT2D eigenvalue weighted by molar-refractivity contribution is 7.80. The van der Waals surface area contributed by atoms with Crippen LogP contribution in [0.5, 0.6) is 11.5 Å². The summed E-state index contributed by atoms with van der Waals surface area (Å²) in [6.45, 7) is 0.128. The third-order valence-electron chi connectivity index (χ3n) is 4.61. The van der Waals surface area contributed by atoms with Crippen LogP contribution in [-0.4, -0.2) is 22.8 Å². The molecule has 0 aliphatic carbocycles. The molecule has 0 unspecified atom stereocenters. The molecule has 31 heavy (non-hydrogen) atoms. The van der Waals surface area contributed by atoms with Gasteiger partial charge in [-0.3, -0.25) is 10.1 Å². The molecule has 9 heteroatoms. The van der Waals surface area contributed by atoms with E-state index in [1.54, 1.807) is 54.6 Å². The maximum atomic E-state index is 14.0. The number of benzene rings is 3. The van der Waals surface area contributed by atoms with Gasteiger partial charge in [0.05, 0.1) is 5.56 Å². The van der Waals surface area contributed by atoms with Gasteiger partial charge < -0.3 is 19.2 Å². The van der Waals surface area contributed by atoms with Crippen LogP contribution in [0.15, 0.2) is 65.1 Å². The van der Waals surface area contributed by atoms with E-state index < -0.39 is 5.82 Å². The van der Waals surface area contributed by atoms with Crippen molar-refractivity contribution < 1.29 is 23.1 Å². The lowest BCUT2D eigenvalue weighted by Crippen LogP contribution is -2.34. The molecule has 4 aromatic rings. The molecule has 7 nitrogen and oxygen atoms in total. The van der Waals surface area contributed by atoms with E-state index in [9.17, 15) is 9.18 Å². The number of ether oxygens (including phenoxy) is 2. The molecule has 0 radical (unpaired) electrons. The van der Waals surface area contributed by atoms with Crippen molar-refractivity contribution in [2.75, 3.05) is 12.1 Å². The summed E-state index contributed by atoms with van der Waals surface area (Å²) >= 11 is 5.24. The summed E-state index contributed by atoms with van der Waals surface area (Å²) in [6, 6.07) is 16.2. The van der Waals surface area contributed by atoms with Gasteiger partial charge in [0, 0.05) is 11.3 Å². The van der Waals surface area contributed by atoms with Crippen molar-refractivity contribution in [3.63, 3.8) is 0 Å². The van der Waals surface area contributed by atoms with Crippen LogP contribution in [0.4, 0.5) is 10.1 Å². The van der Waals surface area contributed by atoms with E-state index in [1.807, 2.05) is 0 Å². The van der Waals surface area contributed by atoms with Crippen LogP contribution >= 0.6 is 12.2 Å². The molecule has 0 saturated heterocycles. The van der Waals surface area contributed by atoms with E-state index in [0.29, 0.717) is 33.8 Å². The van der Waals surface area contributed by atoms with Gasteiger partial charge in [-0.25, -0.2) is 9.37 Å². The first-order chi connectivity index (χ1) is 15.1. The number of hydrogen-bond acceptors (Lipinski definition) is 6. The number of halogens is 1. The lowest BCUT2D eigenvalue weighted by molar-refractivity contribution is 0.0977. The Hall–Kier alpha value is -3.98. The molecule has 0 bridgehead atoms. The van der Waals surface area contributed by atoms with E-state index in [0.717, 1.165) is 0 Å². The fourth-order valence-electron chi connectivity index (χ4n) is 3.13. The van der Waals surface area contributed by atoms with Gasteiger partial charge in [-0.2, -0.15) is 0 Å². The molecular formula is C22H14FN3O4S. The Bertz CT molecular complexity index is 1340. The fraction of sp³-hybridized carbons (Fsp3) is 0.0455. The van der Waals surface area contributed by atoms with E-state index in [-0.39, 0.29) is 29.3 Å². The highest BCUT2D eigenvalue weighted by Crippen LogP contribution is 2.32. The van der Waals surface area contributed by atoms with Crippen LogP contribution in [0.3, 0.4) is 0 Å². The molecular weight excluding hydrogens is 421 g/mol. The van der Waals surface area contributed by atoms with E-state index in [1.165, 1.54) is 6.07 Å². The van der Waals surface area contributed by atoms with Crippen LogP contribution in [0.1, 0.15) is 10.4 Å². The largest absolute Gasteiger partial charge is 0.454 e. The fourth-order valence-corrected chi connectivity index (χ4v) is 3.34. The molecule has 0 spiro atoms. The van der Waals surface area contributed by atoms with Gasteiger partial charge >= 0.3 is 0 Å². The smallest absolute Gasteiger partial charge is 0.257 e. The maximum absolute atomic E-state index is 14.0. The number of nitrogens with zero attached hydrogens (tertiary/aromatic N) is 1. The van der Waals surface area contributed by atoms with Crippen LogP contribution in [-0.2, 0) is 0 Å². The van der Waals surface area contributed by atoms with E-state index in [4.69, 9.17) is 26.1 Å². The number of aromatic nitrogens is 1. The second-order valence-electron chi connectivity index (χ2n) is 6.66. The Balaban J connectivity index is 1.30. The Labute approximate surface area is 180 Å². The number of anilines is 1. The number of rotatable bonds is 3. The number of oxazole rings is 1. The molecule has 1 aliphatic rings. The second-order valence-corrected chi connectivity index (χ2v) is 7.07. The van der Waals surface area contributed by atoms with Crippen molar-refractivity contribution in [3.05, 3.63) is 72.0 Å². The van der Waals surface area contributed by atoms with Crippen LogP contribution in [0.2, 0.25) is 0 Å². The quantitative estimate of drug-likeness (QED) is 0.459. The number of thiocarbonyl (C=S) groups is 1. The molecule has 154 valence electrons. The van der Waals surface area contributed by atoms with Crippen molar-refractivity contribution >= 4 is 40.0 Å². The zero-order chi connectivity index (χ0) is 21.4. The predicted octanol–water partition coefficient (Wildman–Crippen LogP) is 4.49. The van der Waals surface area contributed by atoms with Gasteiger partial charge in [0.1, 0.15) is 11.3 Å². The normalized spacial score (nSPS) is 12.0. The minimum Gasteiger partial charge on any atom is -0.454 e. The van der Waals surface area contributed by atoms with Crippen molar-refractivity contribution in [3.8, 4) is 23.0 Å². The number of carbonyl (C=O) groups excluding carboxylic acids is 1. The Kier molecular flexibility index (Phi) is 4.72. The summed E-state index contributed by atoms with van der Waals surface area (Å²) in [4.78, 5) is 16.8. The standard InChI is InChI=1S/C22H14FN3O4S/c23-15-4-2-1-3-14(15)21-25-16-10-13(6-8-17(16)30-21)24-22(31)26-20(27)12-5-7-18-19(9-12)29-11-28-18/h1-10H,11H2,(H2,24,26,27,31). The minimum absolute atomic E-state index is 0.111. The first-order valence-corrected chi connectivity index (χ1v) is 9.65. The second kappa shape index (κ2) is 7.69. The summed E-state index contributed by atoms with van der Waals surface area (Å²) in [5, 5.41) is 5.66. The van der Waals surface area contributed by atoms with Crippen molar-refractivity contribution in [2.24, 2.45) is 0 Å². The number of hydrogen-bond donors (Lipinski definition) is 2. The van der Waals surface area contributed by atoms with Crippen molar-refractivity contribution in [1.82, 2.24) is 10.3 Å². The number of carbonyl (C=O) groups is 1. The average molecular weight is 435 g/mol. The Morgan fingerprint density at radius 2 is 1.87 bits per heavy atom. The maximum Gasteiger partial charge on any atom is 0.257 e. The lowest BCUT2D eigenvalue weighted by Gasteiger charge is -2.09. The summed E-state index contributed by atoms with van der Waals surface area (Å²) < 4.78 is 30.2. The SMILES string of the molecule is O=C(NC(=S)Nc1ccc2oc(-c3ccccc3F)nc2c1)c1ccc2c(c1)OCO2. The molecule has 3 aromatic carbocycles. The lowest BCUT2D eigenvalue weighted by atomic mass is 10.2. The topological polar surface area (TPSA) is 85.6 Å². The van der Waals surface area contributed by atoms with Gasteiger partial charge in [-0.1, -0.05) is 12.1 Å². The summed E-state index contributed by atoms with van der Waals surface area (Å²) in [6.07, 6.45) is 0. The minimum atomic E-state index is -0.417. The highest BCUT2D eigenvalue weighted by Gasteiger charge is 2.17. The molecule has 1 aromatic heterocycles. The molecule has 0 fully saturated rings. The van der Waals surface area contributed by atoms with Crippen LogP contribution < -0.4 is 20.1 Å². The average Bonchev–Trinajstić information content (AvgIpc) is 3.39. The molecule has 2 N–H and O–H groups in total. The predicted molar refractivity (Wildman–Crippen MR) is 116 cm³/mol. The van der Waals surface area contributed by atoms with Crippen molar-refractivity contribution in [1.29, 1.82) is 0 Å². The third kappa shape index (κ3) is 3.78. The first kappa shape index (κ1) is 19.0. The first-order valence-electron chi connectivity index (χ1n) is 9.24. The molecule has 1 amide bonds. The highest BCUT2D eigenvalue weighted by atomic mass is 32.1. The molecule has 5 rings (SSSR count). The van der Waals surface area contributed by atoms with E-state index >= 15 is 0 Å². The van der Waals surface area contributed by atoms with Gasteiger partial charge in [0.15, 0.2) is 22.2 Å².